The fourth-order valence-electron chi connectivity index (χ4n) is 2.53. The molecule has 0 aliphatic heterocycles. The molecule has 4 rings (SSSR count). The number of hydrogen-bond acceptors (Lipinski definition) is 5. The molecule has 0 unspecified atom stereocenters. The van der Waals surface area contributed by atoms with Gasteiger partial charge in [-0.1, -0.05) is 36.4 Å². The van der Waals surface area contributed by atoms with Crippen LogP contribution in [-0.2, 0) is 0 Å². The van der Waals surface area contributed by atoms with Gasteiger partial charge in [0.05, 0.1) is 11.9 Å². The van der Waals surface area contributed by atoms with Crippen molar-refractivity contribution in [2.75, 3.05) is 5.43 Å². The molecule has 25 heavy (non-hydrogen) atoms. The zero-order chi connectivity index (χ0) is 17.1. The molecule has 4 aromatic rings. The van der Waals surface area contributed by atoms with Crippen LogP contribution in [0.25, 0.3) is 22.0 Å². The predicted octanol–water partition coefficient (Wildman–Crippen LogP) is 5.11. The number of phenols is 1. The van der Waals surface area contributed by atoms with Gasteiger partial charge in [0, 0.05) is 10.9 Å². The summed E-state index contributed by atoms with van der Waals surface area (Å²) in [6.07, 6.45) is 1.69. The summed E-state index contributed by atoms with van der Waals surface area (Å²) in [5, 5.41) is 18.6. The number of anilines is 1. The second-order valence-electron chi connectivity index (χ2n) is 5.56. The van der Waals surface area contributed by atoms with Crippen LogP contribution in [0.15, 0.2) is 77.2 Å². The maximum atomic E-state index is 9.27. The number of fused-ring (bicyclic) bond motifs is 1. The van der Waals surface area contributed by atoms with E-state index in [0.29, 0.717) is 0 Å². The Morgan fingerprint density at radius 2 is 1.76 bits per heavy atom. The van der Waals surface area contributed by atoms with Crippen molar-refractivity contribution in [1.29, 1.82) is 0 Å². The first-order chi connectivity index (χ1) is 12.3. The number of hydrogen-bond donors (Lipinski definition) is 2. The summed E-state index contributed by atoms with van der Waals surface area (Å²) in [4.78, 5) is 4.59. The molecule has 0 saturated heterocycles. The van der Waals surface area contributed by atoms with Crippen LogP contribution < -0.4 is 5.43 Å². The van der Waals surface area contributed by atoms with Gasteiger partial charge in [0.1, 0.15) is 5.75 Å². The fourth-order valence-corrected chi connectivity index (χ4v) is 3.20. The summed E-state index contributed by atoms with van der Waals surface area (Å²) < 4.78 is 0. The lowest BCUT2D eigenvalue weighted by molar-refractivity contribution is 0.475. The van der Waals surface area contributed by atoms with Crippen molar-refractivity contribution < 1.29 is 5.11 Å². The van der Waals surface area contributed by atoms with E-state index in [1.807, 2.05) is 17.5 Å². The maximum Gasteiger partial charge on any atom is 0.203 e. The molecule has 0 bridgehead atoms. The highest BCUT2D eigenvalue weighted by Gasteiger charge is 2.05. The van der Waals surface area contributed by atoms with E-state index >= 15 is 0 Å². The molecule has 0 atom stereocenters. The van der Waals surface area contributed by atoms with Crippen molar-refractivity contribution >= 4 is 33.5 Å². The summed E-state index contributed by atoms with van der Waals surface area (Å²) in [7, 11) is 0. The Morgan fingerprint density at radius 3 is 2.60 bits per heavy atom. The highest BCUT2D eigenvalue weighted by atomic mass is 32.1. The van der Waals surface area contributed by atoms with E-state index in [2.05, 4.69) is 45.8 Å². The molecule has 1 aromatic heterocycles. The summed E-state index contributed by atoms with van der Waals surface area (Å²) in [5.41, 5.74) is 5.87. The van der Waals surface area contributed by atoms with Gasteiger partial charge in [-0.15, -0.1) is 11.3 Å². The Morgan fingerprint density at radius 1 is 0.960 bits per heavy atom. The zero-order valence-electron chi connectivity index (χ0n) is 13.3. The van der Waals surface area contributed by atoms with Gasteiger partial charge in [-0.05, 0) is 46.7 Å². The molecular formula is C20H15N3OS. The van der Waals surface area contributed by atoms with Gasteiger partial charge in [-0.25, -0.2) is 4.98 Å². The largest absolute Gasteiger partial charge is 0.508 e. The fraction of sp³-hybridized carbons (Fsp3) is 0. The van der Waals surface area contributed by atoms with E-state index in [0.717, 1.165) is 22.0 Å². The zero-order valence-corrected chi connectivity index (χ0v) is 14.1. The molecule has 5 heteroatoms. The number of nitrogens with one attached hydrogen (secondary N) is 1. The Kier molecular flexibility index (Phi) is 4.14. The highest BCUT2D eigenvalue weighted by Crippen LogP contribution is 2.27. The SMILES string of the molecule is Oc1ccc(/C=N/Nc2nc(-c3ccc4ccccc4c3)cs2)cc1. The van der Waals surface area contributed by atoms with Gasteiger partial charge in [0.15, 0.2) is 0 Å². The van der Waals surface area contributed by atoms with Crippen LogP contribution in [0.3, 0.4) is 0 Å². The quantitative estimate of drug-likeness (QED) is 0.399. The molecule has 0 radical (unpaired) electrons. The second kappa shape index (κ2) is 6.75. The molecule has 2 N–H and O–H groups in total. The predicted molar refractivity (Wildman–Crippen MR) is 104 cm³/mol. The van der Waals surface area contributed by atoms with Crippen molar-refractivity contribution in [3.63, 3.8) is 0 Å². The molecule has 0 fully saturated rings. The minimum atomic E-state index is 0.241. The molecule has 3 aromatic carbocycles. The van der Waals surface area contributed by atoms with E-state index in [1.54, 1.807) is 30.5 Å². The van der Waals surface area contributed by atoms with E-state index < -0.39 is 0 Å². The molecule has 122 valence electrons. The summed E-state index contributed by atoms with van der Waals surface area (Å²) in [5.74, 6) is 0.241. The number of aromatic hydroxyl groups is 1. The van der Waals surface area contributed by atoms with Crippen molar-refractivity contribution in [1.82, 2.24) is 4.98 Å². The standard InChI is InChI=1S/C20H15N3OS/c24-18-9-5-14(6-10-18)12-21-23-20-22-19(13-25-20)17-8-7-15-3-1-2-4-16(15)11-17/h1-13,24H,(H,22,23)/b21-12+. The number of phenolic OH excluding ortho intramolecular Hbond substituents is 1. The molecule has 4 nitrogen and oxygen atoms in total. The Balaban J connectivity index is 1.50. The lowest BCUT2D eigenvalue weighted by atomic mass is 10.1. The smallest absolute Gasteiger partial charge is 0.203 e. The minimum absolute atomic E-state index is 0.241. The first-order valence-corrected chi connectivity index (χ1v) is 8.69. The van der Waals surface area contributed by atoms with Crippen molar-refractivity contribution in [3.8, 4) is 17.0 Å². The number of thiazole rings is 1. The van der Waals surface area contributed by atoms with Crippen LogP contribution in [0.5, 0.6) is 5.75 Å². The van der Waals surface area contributed by atoms with E-state index in [4.69, 9.17) is 0 Å². The monoisotopic (exact) mass is 345 g/mol. The summed E-state index contributed by atoms with van der Waals surface area (Å²) in [6, 6.07) is 21.5. The van der Waals surface area contributed by atoms with Crippen molar-refractivity contribution in [2.45, 2.75) is 0 Å². The Labute approximate surface area is 149 Å². The van der Waals surface area contributed by atoms with Gasteiger partial charge >= 0.3 is 0 Å². The summed E-state index contributed by atoms with van der Waals surface area (Å²) in [6.45, 7) is 0. The summed E-state index contributed by atoms with van der Waals surface area (Å²) >= 11 is 1.51. The average molecular weight is 345 g/mol. The van der Waals surface area contributed by atoms with Crippen LogP contribution in [0.2, 0.25) is 0 Å². The van der Waals surface area contributed by atoms with E-state index in [9.17, 15) is 5.11 Å². The molecule has 0 saturated carbocycles. The minimum Gasteiger partial charge on any atom is -0.508 e. The molecular weight excluding hydrogens is 330 g/mol. The first kappa shape index (κ1) is 15.4. The van der Waals surface area contributed by atoms with Crippen LogP contribution in [-0.4, -0.2) is 16.3 Å². The average Bonchev–Trinajstić information content (AvgIpc) is 3.12. The third-order valence-corrected chi connectivity index (χ3v) is 4.56. The third-order valence-electron chi connectivity index (χ3n) is 3.82. The van der Waals surface area contributed by atoms with E-state index in [-0.39, 0.29) is 5.75 Å². The van der Waals surface area contributed by atoms with Gasteiger partial charge in [0.2, 0.25) is 5.13 Å². The number of aromatic nitrogens is 1. The number of hydrazone groups is 1. The second-order valence-corrected chi connectivity index (χ2v) is 6.42. The van der Waals surface area contributed by atoms with E-state index in [1.165, 1.54) is 22.1 Å². The van der Waals surface area contributed by atoms with Gasteiger partial charge in [-0.3, -0.25) is 5.43 Å². The van der Waals surface area contributed by atoms with Gasteiger partial charge in [0.25, 0.3) is 0 Å². The van der Waals surface area contributed by atoms with Crippen molar-refractivity contribution in [3.05, 3.63) is 77.7 Å². The van der Waals surface area contributed by atoms with Crippen LogP contribution in [0.1, 0.15) is 5.56 Å². The lowest BCUT2D eigenvalue weighted by Gasteiger charge is -2.00. The van der Waals surface area contributed by atoms with Gasteiger partial charge < -0.3 is 5.11 Å². The van der Waals surface area contributed by atoms with Crippen LogP contribution in [0.4, 0.5) is 5.13 Å². The Hall–Kier alpha value is -3.18. The van der Waals surface area contributed by atoms with Crippen LogP contribution >= 0.6 is 11.3 Å². The molecule has 0 amide bonds. The lowest BCUT2D eigenvalue weighted by Crippen LogP contribution is -1.90. The highest BCUT2D eigenvalue weighted by molar-refractivity contribution is 7.14. The first-order valence-electron chi connectivity index (χ1n) is 7.81. The number of rotatable bonds is 4. The van der Waals surface area contributed by atoms with Crippen molar-refractivity contribution in [2.24, 2.45) is 5.10 Å². The normalized spacial score (nSPS) is 11.2. The molecule has 1 heterocycles. The molecule has 0 aliphatic rings. The molecule has 0 aliphatic carbocycles. The van der Waals surface area contributed by atoms with Crippen LogP contribution in [0, 0.1) is 0 Å². The molecule has 0 spiro atoms. The Bertz CT molecular complexity index is 1040. The third kappa shape index (κ3) is 3.51. The number of benzene rings is 3. The topological polar surface area (TPSA) is 57.5 Å². The number of nitrogens with zero attached hydrogens (tertiary/aromatic N) is 2. The maximum absolute atomic E-state index is 9.27. The van der Waals surface area contributed by atoms with Gasteiger partial charge in [-0.2, -0.15) is 5.10 Å².